The Balaban J connectivity index is 1.35. The average Bonchev–Trinajstić information content (AvgIpc) is 3.11. The van der Waals surface area contributed by atoms with E-state index in [1.807, 2.05) is 11.8 Å². The van der Waals surface area contributed by atoms with Gasteiger partial charge in [0.15, 0.2) is 0 Å². The predicted molar refractivity (Wildman–Crippen MR) is 116 cm³/mol. The Morgan fingerprint density at radius 3 is 2.29 bits per heavy atom. The summed E-state index contributed by atoms with van der Waals surface area (Å²) in [5, 5.41) is 4.54. The maximum atomic E-state index is 12.9. The van der Waals surface area contributed by atoms with Crippen molar-refractivity contribution in [3.05, 3.63) is 47.3 Å². The van der Waals surface area contributed by atoms with E-state index in [4.69, 9.17) is 4.74 Å². The molecule has 0 N–H and O–H groups in total. The molecule has 1 aromatic heterocycles. The molecule has 0 bridgehead atoms. The second kappa shape index (κ2) is 9.10. The summed E-state index contributed by atoms with van der Waals surface area (Å²) in [5.41, 5.74) is 2.73. The predicted octanol–water partition coefficient (Wildman–Crippen LogP) is 2.07. The van der Waals surface area contributed by atoms with E-state index in [-0.39, 0.29) is 10.8 Å². The van der Waals surface area contributed by atoms with Crippen LogP contribution in [0.15, 0.2) is 35.2 Å². The maximum absolute atomic E-state index is 12.9. The molecule has 9 heteroatoms. The van der Waals surface area contributed by atoms with Crippen LogP contribution in [0.25, 0.3) is 0 Å². The Morgan fingerprint density at radius 2 is 1.71 bits per heavy atom. The van der Waals surface area contributed by atoms with E-state index in [0.717, 1.165) is 25.1 Å². The standard InChI is InChI=1S/C22H30N4O4S/c1-17-15-18(2)26(23-17)16-19-7-9-24(10-8-19)22(27)20-3-5-21(6-4-20)31(28,29)25-11-13-30-14-12-25/h3-6,15,19H,7-14,16H2,1-2H3. The molecule has 0 atom stereocenters. The largest absolute Gasteiger partial charge is 0.379 e. The first-order valence-electron chi connectivity index (χ1n) is 10.8. The fourth-order valence-electron chi connectivity index (χ4n) is 4.31. The van der Waals surface area contributed by atoms with Crippen molar-refractivity contribution in [2.45, 2.75) is 38.1 Å². The van der Waals surface area contributed by atoms with E-state index >= 15 is 0 Å². The Bertz CT molecular complexity index is 1020. The highest BCUT2D eigenvalue weighted by Crippen LogP contribution is 2.23. The molecule has 2 aromatic rings. The molecular weight excluding hydrogens is 416 g/mol. The minimum atomic E-state index is -3.55. The van der Waals surface area contributed by atoms with Crippen molar-refractivity contribution in [1.29, 1.82) is 0 Å². The zero-order valence-corrected chi connectivity index (χ0v) is 19.0. The normalized spacial score (nSPS) is 19.0. The molecule has 2 saturated heterocycles. The Hall–Kier alpha value is -2.23. The number of sulfonamides is 1. The number of aromatic nitrogens is 2. The summed E-state index contributed by atoms with van der Waals surface area (Å²) in [5.74, 6) is 0.461. The van der Waals surface area contributed by atoms with E-state index in [1.165, 1.54) is 22.1 Å². The minimum Gasteiger partial charge on any atom is -0.379 e. The molecule has 0 spiro atoms. The first-order valence-corrected chi connectivity index (χ1v) is 12.3. The van der Waals surface area contributed by atoms with Crippen molar-refractivity contribution in [3.8, 4) is 0 Å². The summed E-state index contributed by atoms with van der Waals surface area (Å²) >= 11 is 0. The molecule has 2 aliphatic heterocycles. The van der Waals surface area contributed by atoms with Crippen molar-refractivity contribution in [2.75, 3.05) is 39.4 Å². The SMILES string of the molecule is Cc1cc(C)n(CC2CCN(C(=O)c3ccc(S(=O)(=O)N4CCOCC4)cc3)CC2)n1. The zero-order valence-electron chi connectivity index (χ0n) is 18.2. The third-order valence-corrected chi connectivity index (χ3v) is 8.06. The van der Waals surface area contributed by atoms with Crippen molar-refractivity contribution in [2.24, 2.45) is 5.92 Å². The number of morpholine rings is 1. The molecule has 0 radical (unpaired) electrons. The number of hydrogen-bond acceptors (Lipinski definition) is 5. The molecule has 3 heterocycles. The summed E-state index contributed by atoms with van der Waals surface area (Å²) in [6.45, 7) is 7.90. The van der Waals surface area contributed by atoms with Gasteiger partial charge in [-0.2, -0.15) is 9.40 Å². The highest BCUT2D eigenvalue weighted by atomic mass is 32.2. The number of likely N-dealkylation sites (tertiary alicyclic amines) is 1. The van der Waals surface area contributed by atoms with Crippen LogP contribution in [0, 0.1) is 19.8 Å². The Morgan fingerprint density at radius 1 is 1.06 bits per heavy atom. The van der Waals surface area contributed by atoms with Gasteiger partial charge < -0.3 is 9.64 Å². The Labute approximate surface area is 183 Å². The van der Waals surface area contributed by atoms with Crippen LogP contribution in [0.4, 0.5) is 0 Å². The quantitative estimate of drug-likeness (QED) is 0.702. The number of nitrogens with zero attached hydrogens (tertiary/aromatic N) is 4. The highest BCUT2D eigenvalue weighted by Gasteiger charge is 2.28. The lowest BCUT2D eigenvalue weighted by molar-refractivity contribution is 0.0680. The van der Waals surface area contributed by atoms with Gasteiger partial charge in [-0.05, 0) is 62.9 Å². The first kappa shape index (κ1) is 22.0. The number of rotatable bonds is 5. The summed E-state index contributed by atoms with van der Waals surface area (Å²) in [6, 6.07) is 8.40. The summed E-state index contributed by atoms with van der Waals surface area (Å²) < 4.78 is 34.2. The van der Waals surface area contributed by atoms with E-state index in [2.05, 4.69) is 22.8 Å². The Kier molecular flexibility index (Phi) is 6.45. The summed E-state index contributed by atoms with van der Waals surface area (Å²) in [7, 11) is -3.55. The van der Waals surface area contributed by atoms with Crippen LogP contribution in [0.5, 0.6) is 0 Å². The molecule has 31 heavy (non-hydrogen) atoms. The van der Waals surface area contributed by atoms with E-state index in [1.54, 1.807) is 12.1 Å². The lowest BCUT2D eigenvalue weighted by Crippen LogP contribution is -2.40. The van der Waals surface area contributed by atoms with Crippen LogP contribution >= 0.6 is 0 Å². The van der Waals surface area contributed by atoms with Gasteiger partial charge in [0.2, 0.25) is 10.0 Å². The fraction of sp³-hybridized carbons (Fsp3) is 0.545. The fourth-order valence-corrected chi connectivity index (χ4v) is 5.72. The number of carbonyl (C=O) groups is 1. The van der Waals surface area contributed by atoms with Crippen LogP contribution in [-0.2, 0) is 21.3 Å². The van der Waals surface area contributed by atoms with Gasteiger partial charge in [-0.15, -0.1) is 0 Å². The van der Waals surface area contributed by atoms with Crippen LogP contribution in [0.1, 0.15) is 34.6 Å². The second-order valence-corrected chi connectivity index (χ2v) is 10.3. The van der Waals surface area contributed by atoms with Gasteiger partial charge in [-0.1, -0.05) is 0 Å². The van der Waals surface area contributed by atoms with Gasteiger partial charge in [0.25, 0.3) is 5.91 Å². The lowest BCUT2D eigenvalue weighted by atomic mass is 9.96. The molecule has 8 nitrogen and oxygen atoms in total. The number of ether oxygens (including phenoxy) is 1. The lowest BCUT2D eigenvalue weighted by Gasteiger charge is -2.32. The molecule has 1 amide bonds. The molecule has 0 aliphatic carbocycles. The summed E-state index contributed by atoms with van der Waals surface area (Å²) in [4.78, 5) is 15.0. The van der Waals surface area contributed by atoms with Crippen molar-refractivity contribution in [3.63, 3.8) is 0 Å². The molecular formula is C22H30N4O4S. The van der Waals surface area contributed by atoms with Gasteiger partial charge in [-0.3, -0.25) is 9.48 Å². The average molecular weight is 447 g/mol. The molecule has 4 rings (SSSR count). The number of hydrogen-bond donors (Lipinski definition) is 0. The zero-order chi connectivity index (χ0) is 22.0. The third kappa shape index (κ3) is 4.83. The van der Waals surface area contributed by atoms with Gasteiger partial charge in [0, 0.05) is 44.0 Å². The molecule has 2 aliphatic rings. The topological polar surface area (TPSA) is 84.7 Å². The minimum absolute atomic E-state index is 0.0418. The van der Waals surface area contributed by atoms with Gasteiger partial charge >= 0.3 is 0 Å². The van der Waals surface area contributed by atoms with Gasteiger partial charge in [-0.25, -0.2) is 8.42 Å². The molecule has 168 valence electrons. The van der Waals surface area contributed by atoms with Crippen molar-refractivity contribution >= 4 is 15.9 Å². The molecule has 1 aromatic carbocycles. The first-order chi connectivity index (χ1) is 14.8. The molecule has 0 saturated carbocycles. The van der Waals surface area contributed by atoms with Crippen molar-refractivity contribution in [1.82, 2.24) is 19.0 Å². The number of amides is 1. The highest BCUT2D eigenvalue weighted by molar-refractivity contribution is 7.89. The number of carbonyl (C=O) groups excluding carboxylic acids is 1. The van der Waals surface area contributed by atoms with E-state index in [9.17, 15) is 13.2 Å². The maximum Gasteiger partial charge on any atom is 0.253 e. The van der Waals surface area contributed by atoms with Crippen LogP contribution in [-0.4, -0.2) is 72.7 Å². The van der Waals surface area contributed by atoms with Crippen LogP contribution in [0.2, 0.25) is 0 Å². The molecule has 0 unspecified atom stereocenters. The van der Waals surface area contributed by atoms with Crippen molar-refractivity contribution < 1.29 is 17.9 Å². The van der Waals surface area contributed by atoms with E-state index < -0.39 is 10.0 Å². The second-order valence-electron chi connectivity index (χ2n) is 8.39. The third-order valence-electron chi connectivity index (χ3n) is 6.15. The monoisotopic (exact) mass is 446 g/mol. The summed E-state index contributed by atoms with van der Waals surface area (Å²) in [6.07, 6.45) is 1.88. The van der Waals surface area contributed by atoms with Crippen LogP contribution < -0.4 is 0 Å². The number of piperidine rings is 1. The number of benzene rings is 1. The number of aryl methyl sites for hydroxylation is 2. The van der Waals surface area contributed by atoms with Crippen LogP contribution in [0.3, 0.4) is 0 Å². The smallest absolute Gasteiger partial charge is 0.253 e. The molecule has 2 fully saturated rings. The van der Waals surface area contributed by atoms with E-state index in [0.29, 0.717) is 50.9 Å². The van der Waals surface area contributed by atoms with Gasteiger partial charge in [0.1, 0.15) is 0 Å². The van der Waals surface area contributed by atoms with Gasteiger partial charge in [0.05, 0.1) is 23.8 Å².